The molecule has 0 aliphatic carbocycles. The number of esters is 2. The lowest BCUT2D eigenvalue weighted by Crippen LogP contribution is -2.29. The van der Waals surface area contributed by atoms with E-state index in [1.807, 2.05) is 18.2 Å². The first-order chi connectivity index (χ1) is 26.1. The number of phosphoric acid groups is 1. The predicted octanol–water partition coefficient (Wildman–Crippen LogP) is 9.08. The fourth-order valence-corrected chi connectivity index (χ4v) is 5.68. The fourth-order valence-electron chi connectivity index (χ4n) is 4.90. The lowest BCUT2D eigenvalue weighted by atomic mass is 10.1. The zero-order valence-corrected chi connectivity index (χ0v) is 33.9. The van der Waals surface area contributed by atoms with E-state index in [1.54, 1.807) is 6.08 Å². The molecule has 2 unspecified atom stereocenters. The van der Waals surface area contributed by atoms with Crippen molar-refractivity contribution in [2.24, 2.45) is 0 Å². The van der Waals surface area contributed by atoms with Gasteiger partial charge in [0.05, 0.1) is 25.9 Å². The molecule has 0 amide bonds. The Morgan fingerprint density at radius 3 is 1.81 bits per heavy atom. The molecular weight excluding hydrogens is 711 g/mol. The van der Waals surface area contributed by atoms with Crippen LogP contribution in [-0.2, 0) is 32.7 Å². The molecule has 0 aliphatic heterocycles. The molecule has 0 aromatic heterocycles. The van der Waals surface area contributed by atoms with Crippen LogP contribution in [0.3, 0.4) is 0 Å². The molecule has 0 saturated heterocycles. The van der Waals surface area contributed by atoms with E-state index < -0.39 is 57.9 Å². The molecule has 0 spiro atoms. The highest BCUT2D eigenvalue weighted by Crippen LogP contribution is 2.43. The van der Waals surface area contributed by atoms with Crippen LogP contribution in [0.2, 0.25) is 0 Å². The van der Waals surface area contributed by atoms with Crippen LogP contribution in [0.1, 0.15) is 136 Å². The number of aliphatic hydroxyl groups excluding tert-OH is 3. The van der Waals surface area contributed by atoms with Crippen LogP contribution in [-0.4, -0.2) is 76.9 Å². The van der Waals surface area contributed by atoms with Gasteiger partial charge in [-0.2, -0.15) is 0 Å². The second kappa shape index (κ2) is 37.3. The monoisotopic (exact) mass is 782 g/mol. The third-order valence-corrected chi connectivity index (χ3v) is 8.91. The van der Waals surface area contributed by atoms with Crippen molar-refractivity contribution in [3.05, 3.63) is 72.9 Å². The number of aliphatic hydroxyl groups is 3. The summed E-state index contributed by atoms with van der Waals surface area (Å²) >= 11 is 0. The summed E-state index contributed by atoms with van der Waals surface area (Å²) in [5.74, 6) is -1.03. The average molecular weight is 783 g/mol. The van der Waals surface area contributed by atoms with Crippen molar-refractivity contribution >= 4 is 19.8 Å². The summed E-state index contributed by atoms with van der Waals surface area (Å²) in [5, 5.41) is 28.4. The van der Waals surface area contributed by atoms with Crippen molar-refractivity contribution in [1.82, 2.24) is 0 Å². The summed E-state index contributed by atoms with van der Waals surface area (Å²) < 4.78 is 32.6. The first-order valence-corrected chi connectivity index (χ1v) is 21.5. The maximum absolute atomic E-state index is 12.6. The molecule has 0 aromatic carbocycles. The van der Waals surface area contributed by atoms with E-state index in [0.717, 1.165) is 89.9 Å². The summed E-state index contributed by atoms with van der Waals surface area (Å²) in [6, 6.07) is 0. The van der Waals surface area contributed by atoms with Crippen molar-refractivity contribution < 1.29 is 52.9 Å². The summed E-state index contributed by atoms with van der Waals surface area (Å²) in [7, 11) is -4.65. The summed E-state index contributed by atoms with van der Waals surface area (Å²) in [6.07, 6.45) is 37.5. The van der Waals surface area contributed by atoms with Crippen LogP contribution in [0.4, 0.5) is 0 Å². The van der Waals surface area contributed by atoms with E-state index in [9.17, 15) is 29.3 Å². The highest BCUT2D eigenvalue weighted by Gasteiger charge is 2.27. The summed E-state index contributed by atoms with van der Waals surface area (Å²) in [5.41, 5.74) is 0. The Balaban J connectivity index is 4.47. The lowest BCUT2D eigenvalue weighted by molar-refractivity contribution is -0.161. The molecule has 0 rings (SSSR count). The van der Waals surface area contributed by atoms with Crippen LogP contribution in [0.5, 0.6) is 0 Å². The van der Waals surface area contributed by atoms with Gasteiger partial charge < -0.3 is 29.7 Å². The number of ether oxygens (including phenoxy) is 2. The molecule has 4 N–H and O–H groups in total. The molecule has 0 heterocycles. The third-order valence-electron chi connectivity index (χ3n) is 7.96. The number of hydrogen-bond donors (Lipinski definition) is 4. The standard InChI is InChI=1S/C42H71O11P/c1-3-5-7-9-11-12-13-14-15-16-17-18-20-24-28-32-41(46)50-36-40(37-52-54(48,49)51-35-39(45)34-43)53-42(47)33-29-25-21-23-27-31-38(44)30-26-22-19-10-8-6-4-2/h5-8,11-12,14-15,19,22,26,30,38-40,43-45H,3-4,9-10,13,16-18,20-21,23-25,27-29,31-37H2,1-2H3,(H,48,49)/b7-5-,8-6+,12-11-,15-14-,22-19+,30-26+/t38?,39-,40+/m0/s1. The molecular formula is C42H71O11P. The predicted molar refractivity (Wildman–Crippen MR) is 216 cm³/mol. The van der Waals surface area contributed by atoms with Crippen LogP contribution in [0.15, 0.2) is 72.9 Å². The van der Waals surface area contributed by atoms with Gasteiger partial charge in [-0.05, 0) is 64.2 Å². The Bertz CT molecular complexity index is 1150. The molecule has 0 fully saturated rings. The fraction of sp³-hybridized carbons (Fsp3) is 0.667. The van der Waals surface area contributed by atoms with Gasteiger partial charge in [-0.25, -0.2) is 4.57 Å². The number of carbonyl (C=O) groups excluding carboxylic acids is 2. The Morgan fingerprint density at radius 2 is 1.17 bits per heavy atom. The van der Waals surface area contributed by atoms with Crippen LogP contribution in [0, 0.1) is 0 Å². The minimum Gasteiger partial charge on any atom is -0.462 e. The van der Waals surface area contributed by atoms with Crippen molar-refractivity contribution in [2.45, 2.75) is 154 Å². The number of hydrogen-bond acceptors (Lipinski definition) is 10. The molecule has 0 aromatic rings. The number of phosphoric ester groups is 1. The number of rotatable bonds is 36. The van der Waals surface area contributed by atoms with E-state index in [2.05, 4.69) is 67.0 Å². The van der Waals surface area contributed by atoms with Gasteiger partial charge >= 0.3 is 19.8 Å². The van der Waals surface area contributed by atoms with E-state index in [-0.39, 0.29) is 19.4 Å². The number of unbranched alkanes of at least 4 members (excludes halogenated alkanes) is 9. The van der Waals surface area contributed by atoms with Gasteiger partial charge in [0.15, 0.2) is 6.10 Å². The molecule has 0 saturated carbocycles. The van der Waals surface area contributed by atoms with E-state index in [1.165, 1.54) is 0 Å². The van der Waals surface area contributed by atoms with Gasteiger partial charge in [-0.1, -0.05) is 132 Å². The number of carbonyl (C=O) groups is 2. The van der Waals surface area contributed by atoms with E-state index in [0.29, 0.717) is 19.3 Å². The van der Waals surface area contributed by atoms with Crippen LogP contribution in [0.25, 0.3) is 0 Å². The highest BCUT2D eigenvalue weighted by atomic mass is 31.2. The van der Waals surface area contributed by atoms with Crippen molar-refractivity contribution in [2.75, 3.05) is 26.4 Å². The van der Waals surface area contributed by atoms with Crippen molar-refractivity contribution in [3.8, 4) is 0 Å². The third kappa shape index (κ3) is 36.4. The smallest absolute Gasteiger partial charge is 0.462 e. The Hall–Kier alpha value is -2.63. The first-order valence-electron chi connectivity index (χ1n) is 20.0. The molecule has 0 bridgehead atoms. The quantitative estimate of drug-likeness (QED) is 0.0157. The molecule has 310 valence electrons. The zero-order valence-electron chi connectivity index (χ0n) is 33.0. The molecule has 0 aliphatic rings. The summed E-state index contributed by atoms with van der Waals surface area (Å²) in [6.45, 7) is 1.97. The van der Waals surface area contributed by atoms with E-state index >= 15 is 0 Å². The maximum Gasteiger partial charge on any atom is 0.472 e. The minimum atomic E-state index is -4.65. The average Bonchev–Trinajstić information content (AvgIpc) is 3.15. The molecule has 12 heteroatoms. The SMILES string of the molecule is CC/C=C\C/C=C\C/C=C\CCCCCCCC(=O)OC[C@H](COP(=O)(O)OC[C@@H](O)CO)OC(=O)CCCCCCCC(O)/C=C/C=C/C/C=C/CC. The molecule has 4 atom stereocenters. The van der Waals surface area contributed by atoms with Crippen molar-refractivity contribution in [3.63, 3.8) is 0 Å². The Morgan fingerprint density at radius 1 is 0.630 bits per heavy atom. The second-order valence-corrected chi connectivity index (χ2v) is 14.5. The van der Waals surface area contributed by atoms with Gasteiger partial charge in [-0.15, -0.1) is 0 Å². The minimum absolute atomic E-state index is 0.106. The van der Waals surface area contributed by atoms with Crippen LogP contribution < -0.4 is 0 Å². The summed E-state index contributed by atoms with van der Waals surface area (Å²) in [4.78, 5) is 34.9. The number of allylic oxidation sites excluding steroid dienone is 11. The zero-order chi connectivity index (χ0) is 40.0. The van der Waals surface area contributed by atoms with Gasteiger partial charge in [0.2, 0.25) is 0 Å². The molecule has 0 radical (unpaired) electrons. The largest absolute Gasteiger partial charge is 0.472 e. The van der Waals surface area contributed by atoms with Gasteiger partial charge in [0.25, 0.3) is 0 Å². The molecule has 11 nitrogen and oxygen atoms in total. The highest BCUT2D eigenvalue weighted by molar-refractivity contribution is 7.47. The topological polar surface area (TPSA) is 169 Å². The van der Waals surface area contributed by atoms with Gasteiger partial charge in [0, 0.05) is 12.8 Å². The Kier molecular flexibility index (Phi) is 35.5. The van der Waals surface area contributed by atoms with Crippen LogP contribution >= 0.6 is 7.82 Å². The van der Waals surface area contributed by atoms with Gasteiger partial charge in [0.1, 0.15) is 12.7 Å². The normalized spacial score (nSPS) is 15.3. The maximum atomic E-state index is 12.6. The molecule has 54 heavy (non-hydrogen) atoms. The lowest BCUT2D eigenvalue weighted by Gasteiger charge is -2.20. The second-order valence-electron chi connectivity index (χ2n) is 13.1. The Labute approximate surface area is 325 Å². The first kappa shape index (κ1) is 51.4. The van der Waals surface area contributed by atoms with Gasteiger partial charge in [-0.3, -0.25) is 18.6 Å². The van der Waals surface area contributed by atoms with Crippen molar-refractivity contribution in [1.29, 1.82) is 0 Å². The van der Waals surface area contributed by atoms with E-state index in [4.69, 9.17) is 19.1 Å².